The van der Waals surface area contributed by atoms with E-state index in [0.717, 1.165) is 30.7 Å². The van der Waals surface area contributed by atoms with E-state index in [0.29, 0.717) is 6.61 Å². The fourth-order valence-corrected chi connectivity index (χ4v) is 2.04. The summed E-state index contributed by atoms with van der Waals surface area (Å²) in [5.41, 5.74) is 1.23. The Morgan fingerprint density at radius 1 is 1.24 bits per heavy atom. The number of halogens is 1. The molecule has 0 unspecified atom stereocenters. The van der Waals surface area contributed by atoms with E-state index in [2.05, 4.69) is 41.6 Å². The molecular weight excluding hydrogens is 286 g/mol. The molecule has 0 spiro atoms. The fraction of sp³-hybridized carbons (Fsp3) is 0.562. The van der Waals surface area contributed by atoms with Crippen molar-refractivity contribution < 1.29 is 4.74 Å². The van der Waals surface area contributed by atoms with Crippen LogP contribution in [0.15, 0.2) is 29.3 Å². The summed E-state index contributed by atoms with van der Waals surface area (Å²) in [7, 11) is 1.77. The molecule has 21 heavy (non-hydrogen) atoms. The second-order valence-corrected chi connectivity index (χ2v) is 5.88. The van der Waals surface area contributed by atoms with Gasteiger partial charge in [0.1, 0.15) is 0 Å². The maximum atomic E-state index is 5.94. The van der Waals surface area contributed by atoms with E-state index in [9.17, 15) is 0 Å². The summed E-state index contributed by atoms with van der Waals surface area (Å²) >= 11 is 5.94. The Labute approximate surface area is 132 Å². The van der Waals surface area contributed by atoms with E-state index in [1.807, 2.05) is 19.1 Å². The first kappa shape index (κ1) is 17.8. The summed E-state index contributed by atoms with van der Waals surface area (Å²) in [6.45, 7) is 9.31. The highest BCUT2D eigenvalue weighted by Gasteiger charge is 2.20. The predicted molar refractivity (Wildman–Crippen MR) is 90.3 cm³/mol. The highest BCUT2D eigenvalue weighted by molar-refractivity contribution is 6.30. The Morgan fingerprint density at radius 2 is 1.90 bits per heavy atom. The molecule has 1 rings (SSSR count). The summed E-state index contributed by atoms with van der Waals surface area (Å²) in [4.78, 5) is 4.21. The molecule has 4 nitrogen and oxygen atoms in total. The smallest absolute Gasteiger partial charge is 0.191 e. The zero-order valence-electron chi connectivity index (χ0n) is 13.4. The number of hydrogen-bond acceptors (Lipinski definition) is 2. The molecule has 0 fully saturated rings. The van der Waals surface area contributed by atoms with Gasteiger partial charge in [0.2, 0.25) is 0 Å². The van der Waals surface area contributed by atoms with Gasteiger partial charge in [-0.3, -0.25) is 4.99 Å². The molecule has 1 aromatic rings. The lowest BCUT2D eigenvalue weighted by Gasteiger charge is -2.27. The van der Waals surface area contributed by atoms with E-state index in [1.165, 1.54) is 5.56 Å². The number of guanidine groups is 1. The summed E-state index contributed by atoms with van der Waals surface area (Å²) in [6.07, 6.45) is 0. The van der Waals surface area contributed by atoms with Crippen LogP contribution in [-0.2, 0) is 10.2 Å². The van der Waals surface area contributed by atoms with Gasteiger partial charge < -0.3 is 15.4 Å². The third kappa shape index (κ3) is 6.36. The van der Waals surface area contributed by atoms with Crippen LogP contribution in [0.5, 0.6) is 0 Å². The normalized spacial score (nSPS) is 12.3. The second kappa shape index (κ2) is 8.90. The largest absolute Gasteiger partial charge is 0.380 e. The van der Waals surface area contributed by atoms with Gasteiger partial charge in [0, 0.05) is 37.2 Å². The molecule has 0 bridgehead atoms. The number of ether oxygens (including phenoxy) is 1. The van der Waals surface area contributed by atoms with Crippen molar-refractivity contribution in [1.82, 2.24) is 10.6 Å². The van der Waals surface area contributed by atoms with Gasteiger partial charge in [-0.2, -0.15) is 0 Å². The van der Waals surface area contributed by atoms with Crippen LogP contribution in [0.2, 0.25) is 5.02 Å². The van der Waals surface area contributed by atoms with Gasteiger partial charge in [-0.05, 0) is 24.6 Å². The number of rotatable bonds is 7. The van der Waals surface area contributed by atoms with Crippen LogP contribution in [0, 0.1) is 0 Å². The summed E-state index contributed by atoms with van der Waals surface area (Å²) in [5, 5.41) is 7.34. The molecule has 1 aromatic carbocycles. The molecule has 0 heterocycles. The summed E-state index contributed by atoms with van der Waals surface area (Å²) in [5.74, 6) is 0.789. The number of nitrogens with one attached hydrogen (secondary N) is 2. The zero-order chi connectivity index (χ0) is 15.7. The van der Waals surface area contributed by atoms with Crippen LogP contribution in [0.3, 0.4) is 0 Å². The zero-order valence-corrected chi connectivity index (χ0v) is 14.1. The van der Waals surface area contributed by atoms with Gasteiger partial charge >= 0.3 is 0 Å². The second-order valence-electron chi connectivity index (χ2n) is 5.44. The Balaban J connectivity index is 2.49. The summed E-state index contributed by atoms with van der Waals surface area (Å²) < 4.78 is 5.30. The lowest BCUT2D eigenvalue weighted by atomic mass is 9.85. The molecule has 0 radical (unpaired) electrons. The minimum absolute atomic E-state index is 0.0118. The van der Waals surface area contributed by atoms with Gasteiger partial charge in [0.15, 0.2) is 5.96 Å². The molecule has 5 heteroatoms. The Morgan fingerprint density at radius 3 is 2.48 bits per heavy atom. The molecule has 0 aliphatic heterocycles. The molecule has 0 aliphatic rings. The molecule has 2 N–H and O–H groups in total. The van der Waals surface area contributed by atoms with Crippen LogP contribution in [0.4, 0.5) is 0 Å². The average molecular weight is 312 g/mol. The number of nitrogens with zero attached hydrogens (tertiary/aromatic N) is 1. The molecule has 0 aliphatic carbocycles. The van der Waals surface area contributed by atoms with Crippen LogP contribution in [0.25, 0.3) is 0 Å². The van der Waals surface area contributed by atoms with Crippen molar-refractivity contribution in [2.75, 3.05) is 33.4 Å². The standard InChI is InChI=1S/C16H26ClN3O/c1-5-21-11-10-19-15(18-4)20-12-16(2,3)13-6-8-14(17)9-7-13/h6-9H,5,10-12H2,1-4H3,(H2,18,19,20). The predicted octanol–water partition coefficient (Wildman–Crippen LogP) is 2.82. The van der Waals surface area contributed by atoms with E-state index >= 15 is 0 Å². The molecular formula is C16H26ClN3O. The lowest BCUT2D eigenvalue weighted by Crippen LogP contribution is -2.44. The van der Waals surface area contributed by atoms with E-state index in [-0.39, 0.29) is 5.41 Å². The van der Waals surface area contributed by atoms with Gasteiger partial charge in [-0.15, -0.1) is 0 Å². The van der Waals surface area contributed by atoms with Crippen LogP contribution < -0.4 is 10.6 Å². The van der Waals surface area contributed by atoms with Gasteiger partial charge in [0.05, 0.1) is 6.61 Å². The van der Waals surface area contributed by atoms with Gasteiger partial charge in [-0.25, -0.2) is 0 Å². The quantitative estimate of drug-likeness (QED) is 0.462. The third-order valence-corrected chi connectivity index (χ3v) is 3.54. The van der Waals surface area contributed by atoms with Crippen molar-refractivity contribution in [1.29, 1.82) is 0 Å². The first-order chi connectivity index (χ1) is 9.99. The van der Waals surface area contributed by atoms with Crippen molar-refractivity contribution in [2.45, 2.75) is 26.2 Å². The Kier molecular flexibility index (Phi) is 7.54. The monoisotopic (exact) mass is 311 g/mol. The highest BCUT2D eigenvalue weighted by atomic mass is 35.5. The summed E-state index contributed by atoms with van der Waals surface area (Å²) in [6, 6.07) is 7.98. The minimum atomic E-state index is -0.0118. The molecule has 0 saturated heterocycles. The number of hydrogen-bond donors (Lipinski definition) is 2. The van der Waals surface area contributed by atoms with Gasteiger partial charge in [-0.1, -0.05) is 37.6 Å². The SMILES string of the molecule is CCOCCNC(=NC)NCC(C)(C)c1ccc(Cl)cc1. The average Bonchev–Trinajstić information content (AvgIpc) is 2.47. The molecule has 0 saturated carbocycles. The topological polar surface area (TPSA) is 45.6 Å². The molecule has 0 aromatic heterocycles. The van der Waals surface area contributed by atoms with Crippen LogP contribution in [-0.4, -0.2) is 39.3 Å². The Hall–Kier alpha value is -1.26. The van der Waals surface area contributed by atoms with E-state index in [4.69, 9.17) is 16.3 Å². The Bertz CT molecular complexity index is 443. The first-order valence-electron chi connectivity index (χ1n) is 7.28. The van der Waals surface area contributed by atoms with Crippen LogP contribution >= 0.6 is 11.6 Å². The molecule has 118 valence electrons. The first-order valence-corrected chi connectivity index (χ1v) is 7.65. The van der Waals surface area contributed by atoms with Crippen molar-refractivity contribution in [3.05, 3.63) is 34.9 Å². The molecule has 0 atom stereocenters. The van der Waals surface area contributed by atoms with Crippen molar-refractivity contribution in [3.8, 4) is 0 Å². The van der Waals surface area contributed by atoms with E-state index in [1.54, 1.807) is 7.05 Å². The lowest BCUT2D eigenvalue weighted by molar-refractivity contribution is 0.152. The third-order valence-electron chi connectivity index (χ3n) is 3.29. The number of benzene rings is 1. The highest BCUT2D eigenvalue weighted by Crippen LogP contribution is 2.23. The van der Waals surface area contributed by atoms with Crippen molar-refractivity contribution in [3.63, 3.8) is 0 Å². The minimum Gasteiger partial charge on any atom is -0.380 e. The van der Waals surface area contributed by atoms with E-state index < -0.39 is 0 Å². The maximum Gasteiger partial charge on any atom is 0.191 e. The number of aliphatic imine (C=N–C) groups is 1. The van der Waals surface area contributed by atoms with Gasteiger partial charge in [0.25, 0.3) is 0 Å². The maximum absolute atomic E-state index is 5.94. The van der Waals surface area contributed by atoms with Crippen molar-refractivity contribution in [2.24, 2.45) is 4.99 Å². The molecule has 0 amide bonds. The fourth-order valence-electron chi connectivity index (χ4n) is 1.91. The van der Waals surface area contributed by atoms with Crippen molar-refractivity contribution >= 4 is 17.6 Å². The van der Waals surface area contributed by atoms with Crippen LogP contribution in [0.1, 0.15) is 26.3 Å².